The minimum absolute atomic E-state index is 0.214. The second-order valence-electron chi connectivity index (χ2n) is 2.98. The zero-order chi connectivity index (χ0) is 11.0. The van der Waals surface area contributed by atoms with Gasteiger partial charge in [0.15, 0.2) is 5.82 Å². The molecule has 0 saturated heterocycles. The Labute approximate surface area is 107 Å². The SMILES string of the molecule is CC(N)c1noc(-c2cc(Br)c(Br)s2)n1. The van der Waals surface area contributed by atoms with E-state index in [0.717, 1.165) is 13.1 Å². The van der Waals surface area contributed by atoms with Gasteiger partial charge < -0.3 is 10.3 Å². The van der Waals surface area contributed by atoms with E-state index in [1.165, 1.54) is 11.3 Å². The summed E-state index contributed by atoms with van der Waals surface area (Å²) < 4.78 is 7.08. The van der Waals surface area contributed by atoms with Crippen LogP contribution in [0.4, 0.5) is 0 Å². The fraction of sp³-hybridized carbons (Fsp3) is 0.250. The van der Waals surface area contributed by atoms with Gasteiger partial charge in [0, 0.05) is 4.47 Å². The maximum absolute atomic E-state index is 5.64. The van der Waals surface area contributed by atoms with Crippen molar-refractivity contribution >= 4 is 43.2 Å². The first-order valence-corrected chi connectivity index (χ1v) is 6.52. The lowest BCUT2D eigenvalue weighted by atomic mass is 10.3. The van der Waals surface area contributed by atoms with Crippen molar-refractivity contribution in [1.82, 2.24) is 10.1 Å². The molecule has 4 nitrogen and oxygen atoms in total. The maximum Gasteiger partial charge on any atom is 0.268 e. The summed E-state index contributed by atoms with van der Waals surface area (Å²) in [6, 6.07) is 1.71. The Morgan fingerprint density at radius 1 is 1.53 bits per heavy atom. The van der Waals surface area contributed by atoms with Crippen LogP contribution in [0.2, 0.25) is 0 Å². The normalized spacial score (nSPS) is 13.1. The first-order chi connectivity index (χ1) is 7.08. The zero-order valence-corrected chi connectivity index (χ0v) is 11.7. The van der Waals surface area contributed by atoms with Gasteiger partial charge in [-0.3, -0.25) is 0 Å². The van der Waals surface area contributed by atoms with E-state index in [9.17, 15) is 0 Å². The standard InChI is InChI=1S/C8H7Br2N3OS/c1-3(11)7-12-8(14-13-7)5-2-4(9)6(10)15-5/h2-3H,11H2,1H3. The summed E-state index contributed by atoms with van der Waals surface area (Å²) >= 11 is 8.33. The number of nitrogens with two attached hydrogens (primary N) is 1. The molecule has 80 valence electrons. The molecule has 1 atom stereocenters. The predicted octanol–water partition coefficient (Wildman–Crippen LogP) is 3.34. The maximum atomic E-state index is 5.64. The van der Waals surface area contributed by atoms with E-state index in [1.54, 1.807) is 0 Å². The molecule has 15 heavy (non-hydrogen) atoms. The number of halogens is 2. The molecule has 0 fully saturated rings. The van der Waals surface area contributed by atoms with Crippen LogP contribution in [-0.4, -0.2) is 10.1 Å². The Bertz CT molecular complexity index is 460. The van der Waals surface area contributed by atoms with Crippen molar-refractivity contribution in [3.63, 3.8) is 0 Å². The van der Waals surface area contributed by atoms with E-state index in [-0.39, 0.29) is 6.04 Å². The van der Waals surface area contributed by atoms with Crippen LogP contribution >= 0.6 is 43.2 Å². The third kappa shape index (κ3) is 2.30. The van der Waals surface area contributed by atoms with Gasteiger partial charge in [-0.1, -0.05) is 5.16 Å². The number of hydrogen-bond acceptors (Lipinski definition) is 5. The summed E-state index contributed by atoms with van der Waals surface area (Å²) in [5.41, 5.74) is 5.64. The number of thiophene rings is 1. The molecule has 0 bridgehead atoms. The van der Waals surface area contributed by atoms with Crippen LogP contribution in [-0.2, 0) is 0 Å². The smallest absolute Gasteiger partial charge is 0.268 e. The molecule has 2 aromatic rings. The molecule has 0 aliphatic carbocycles. The second-order valence-corrected chi connectivity index (χ2v) is 6.20. The summed E-state index contributed by atoms with van der Waals surface area (Å²) in [5.74, 6) is 1.02. The molecule has 2 N–H and O–H groups in total. The highest BCUT2D eigenvalue weighted by Gasteiger charge is 2.14. The van der Waals surface area contributed by atoms with Crippen LogP contribution in [0.5, 0.6) is 0 Å². The summed E-state index contributed by atoms with van der Waals surface area (Å²) in [5, 5.41) is 3.80. The summed E-state index contributed by atoms with van der Waals surface area (Å²) in [6.07, 6.45) is 0. The molecule has 2 aromatic heterocycles. The Hall–Kier alpha value is -0.240. The molecule has 0 aliphatic rings. The molecule has 0 radical (unpaired) electrons. The van der Waals surface area contributed by atoms with E-state index in [0.29, 0.717) is 11.7 Å². The molecule has 0 saturated carbocycles. The number of aromatic nitrogens is 2. The lowest BCUT2D eigenvalue weighted by Gasteiger charge is -1.92. The van der Waals surface area contributed by atoms with Gasteiger partial charge in [0.25, 0.3) is 5.89 Å². The van der Waals surface area contributed by atoms with Crippen molar-refractivity contribution < 1.29 is 4.52 Å². The van der Waals surface area contributed by atoms with Gasteiger partial charge in [-0.25, -0.2) is 0 Å². The number of rotatable bonds is 2. The lowest BCUT2D eigenvalue weighted by Crippen LogP contribution is -2.06. The fourth-order valence-corrected chi connectivity index (χ4v) is 2.93. The van der Waals surface area contributed by atoms with Gasteiger partial charge in [0.2, 0.25) is 0 Å². The van der Waals surface area contributed by atoms with Gasteiger partial charge >= 0.3 is 0 Å². The molecule has 2 heterocycles. The monoisotopic (exact) mass is 351 g/mol. The highest BCUT2D eigenvalue weighted by atomic mass is 79.9. The third-order valence-electron chi connectivity index (χ3n) is 1.70. The van der Waals surface area contributed by atoms with Crippen molar-refractivity contribution in [2.24, 2.45) is 5.73 Å². The van der Waals surface area contributed by atoms with E-state index in [1.807, 2.05) is 13.0 Å². The van der Waals surface area contributed by atoms with Crippen molar-refractivity contribution in [3.05, 3.63) is 20.1 Å². The average molecular weight is 353 g/mol. The van der Waals surface area contributed by atoms with Crippen molar-refractivity contribution in [3.8, 4) is 10.8 Å². The van der Waals surface area contributed by atoms with Crippen LogP contribution in [0, 0.1) is 0 Å². The summed E-state index contributed by atoms with van der Waals surface area (Å²) in [6.45, 7) is 1.81. The molecule has 0 spiro atoms. The molecular weight excluding hydrogens is 346 g/mol. The molecule has 0 aromatic carbocycles. The first kappa shape index (κ1) is 11.3. The van der Waals surface area contributed by atoms with E-state index >= 15 is 0 Å². The molecule has 0 amide bonds. The summed E-state index contributed by atoms with van der Waals surface area (Å²) in [7, 11) is 0. The van der Waals surface area contributed by atoms with E-state index in [2.05, 4.69) is 42.0 Å². The molecule has 7 heteroatoms. The third-order valence-corrected chi connectivity index (χ3v) is 4.95. The van der Waals surface area contributed by atoms with Crippen molar-refractivity contribution in [2.75, 3.05) is 0 Å². The van der Waals surface area contributed by atoms with Crippen molar-refractivity contribution in [1.29, 1.82) is 0 Å². The van der Waals surface area contributed by atoms with Gasteiger partial charge in [-0.15, -0.1) is 11.3 Å². The highest BCUT2D eigenvalue weighted by molar-refractivity contribution is 9.13. The quantitative estimate of drug-likeness (QED) is 0.900. The van der Waals surface area contributed by atoms with Gasteiger partial charge in [-0.2, -0.15) is 4.98 Å². The van der Waals surface area contributed by atoms with Crippen molar-refractivity contribution in [2.45, 2.75) is 13.0 Å². The van der Waals surface area contributed by atoms with Gasteiger partial charge in [0.1, 0.15) is 0 Å². The first-order valence-electron chi connectivity index (χ1n) is 4.12. The Morgan fingerprint density at radius 2 is 2.27 bits per heavy atom. The molecule has 0 aliphatic heterocycles. The average Bonchev–Trinajstić information content (AvgIpc) is 2.74. The Balaban J connectivity index is 2.37. The predicted molar refractivity (Wildman–Crippen MR) is 65.6 cm³/mol. The minimum atomic E-state index is -0.214. The van der Waals surface area contributed by atoms with E-state index < -0.39 is 0 Å². The van der Waals surface area contributed by atoms with E-state index in [4.69, 9.17) is 10.3 Å². The number of nitrogens with zero attached hydrogens (tertiary/aromatic N) is 2. The van der Waals surface area contributed by atoms with Crippen LogP contribution in [0.1, 0.15) is 18.8 Å². The van der Waals surface area contributed by atoms with Gasteiger partial charge in [-0.05, 0) is 44.8 Å². The molecule has 1 unspecified atom stereocenters. The lowest BCUT2D eigenvalue weighted by molar-refractivity contribution is 0.419. The fourth-order valence-electron chi connectivity index (χ4n) is 0.972. The van der Waals surface area contributed by atoms with Crippen LogP contribution < -0.4 is 5.73 Å². The Morgan fingerprint density at radius 3 is 2.73 bits per heavy atom. The molecule has 2 rings (SSSR count). The number of hydrogen-bond donors (Lipinski definition) is 1. The zero-order valence-electron chi connectivity index (χ0n) is 7.70. The topological polar surface area (TPSA) is 64.9 Å². The molecular formula is C8H7Br2N3OS. The minimum Gasteiger partial charge on any atom is -0.333 e. The van der Waals surface area contributed by atoms with Gasteiger partial charge in [0.05, 0.1) is 14.7 Å². The largest absolute Gasteiger partial charge is 0.333 e. The Kier molecular flexibility index (Phi) is 3.24. The highest BCUT2D eigenvalue weighted by Crippen LogP contribution is 2.37. The second kappa shape index (κ2) is 4.32. The van der Waals surface area contributed by atoms with Crippen LogP contribution in [0.25, 0.3) is 10.8 Å². The summed E-state index contributed by atoms with van der Waals surface area (Å²) in [4.78, 5) is 5.11. The van der Waals surface area contributed by atoms with Crippen LogP contribution in [0.15, 0.2) is 18.8 Å². The van der Waals surface area contributed by atoms with Crippen LogP contribution in [0.3, 0.4) is 0 Å².